The summed E-state index contributed by atoms with van der Waals surface area (Å²) in [6.45, 7) is 8.86. The number of hydrogen-bond acceptors (Lipinski definition) is 6. The zero-order valence-corrected chi connectivity index (χ0v) is 15.2. The molecule has 0 aromatic carbocycles. The van der Waals surface area contributed by atoms with E-state index < -0.39 is 5.60 Å². The van der Waals surface area contributed by atoms with Crippen molar-refractivity contribution in [3.63, 3.8) is 0 Å². The maximum atomic E-state index is 12.3. The first kappa shape index (κ1) is 17.5. The molecular weight excluding hydrogens is 322 g/mol. The summed E-state index contributed by atoms with van der Waals surface area (Å²) in [4.78, 5) is 20.4. The lowest BCUT2D eigenvalue weighted by Gasteiger charge is -2.31. The summed E-state index contributed by atoms with van der Waals surface area (Å²) in [5.41, 5.74) is 2.57. The lowest BCUT2D eigenvalue weighted by atomic mass is 10.2. The van der Waals surface area contributed by atoms with Crippen LogP contribution in [-0.4, -0.2) is 49.9 Å². The third-order valence-electron chi connectivity index (χ3n) is 3.96. The Morgan fingerprint density at radius 1 is 1.36 bits per heavy atom. The van der Waals surface area contributed by atoms with Crippen LogP contribution in [0.5, 0.6) is 0 Å². The molecule has 0 radical (unpaired) electrons. The van der Waals surface area contributed by atoms with Crippen LogP contribution in [0.3, 0.4) is 0 Å². The average molecular weight is 347 g/mol. The predicted molar refractivity (Wildman–Crippen MR) is 90.5 cm³/mol. The van der Waals surface area contributed by atoms with Crippen LogP contribution < -0.4 is 0 Å². The van der Waals surface area contributed by atoms with Gasteiger partial charge in [0.25, 0.3) is 0 Å². The molecule has 0 aliphatic carbocycles. The molecule has 0 fully saturated rings. The average Bonchev–Trinajstić information content (AvgIpc) is 3.15. The maximum Gasteiger partial charge on any atom is 0.410 e. The third kappa shape index (κ3) is 4.39. The molecule has 0 spiro atoms. The fraction of sp³-hybridized carbons (Fsp3) is 0.588. The van der Waals surface area contributed by atoms with Crippen LogP contribution in [0.4, 0.5) is 4.79 Å². The number of rotatable bonds is 4. The van der Waals surface area contributed by atoms with E-state index in [1.165, 1.54) is 6.39 Å². The first-order valence-corrected chi connectivity index (χ1v) is 8.39. The molecule has 1 amide bonds. The van der Waals surface area contributed by atoms with Crippen molar-refractivity contribution in [3.8, 4) is 0 Å². The summed E-state index contributed by atoms with van der Waals surface area (Å²) in [5.74, 6) is 0. The van der Waals surface area contributed by atoms with Gasteiger partial charge < -0.3 is 14.1 Å². The molecule has 25 heavy (non-hydrogen) atoms. The molecular formula is C17H25N5O3. The molecule has 136 valence electrons. The summed E-state index contributed by atoms with van der Waals surface area (Å²) in [6, 6.07) is 0. The number of carbonyl (C=O) groups excluding carboxylic acids is 1. The fourth-order valence-electron chi connectivity index (χ4n) is 2.85. The number of oxazole rings is 1. The van der Waals surface area contributed by atoms with Gasteiger partial charge in [0.15, 0.2) is 6.39 Å². The first-order chi connectivity index (χ1) is 11.8. The molecule has 2 aromatic heterocycles. The van der Waals surface area contributed by atoms with Crippen molar-refractivity contribution in [3.05, 3.63) is 35.8 Å². The SMILES string of the molecule is CN(Cc1cocn1)Cc1cnn2c1CN(C(=O)OC(C)(C)C)CC2. The first-order valence-electron chi connectivity index (χ1n) is 8.39. The zero-order valence-electron chi connectivity index (χ0n) is 15.2. The Hall–Kier alpha value is -2.35. The number of nitrogens with zero attached hydrogens (tertiary/aromatic N) is 5. The largest absolute Gasteiger partial charge is 0.451 e. The Labute approximate surface area is 147 Å². The summed E-state index contributed by atoms with van der Waals surface area (Å²) in [5, 5.41) is 4.45. The van der Waals surface area contributed by atoms with Gasteiger partial charge in [-0.1, -0.05) is 0 Å². The van der Waals surface area contributed by atoms with Gasteiger partial charge in [0.2, 0.25) is 0 Å². The van der Waals surface area contributed by atoms with Crippen LogP contribution in [0.25, 0.3) is 0 Å². The standard InChI is InChI=1S/C17H25N5O3/c1-17(2,3)25-16(23)21-5-6-22-15(10-21)13(7-19-22)8-20(4)9-14-11-24-12-18-14/h7,11-12H,5-6,8-10H2,1-4H3. The topological polar surface area (TPSA) is 76.6 Å². The second kappa shape index (κ2) is 6.87. The van der Waals surface area contributed by atoms with Gasteiger partial charge in [-0.3, -0.25) is 9.58 Å². The van der Waals surface area contributed by atoms with Gasteiger partial charge in [-0.25, -0.2) is 9.78 Å². The van der Waals surface area contributed by atoms with Gasteiger partial charge in [-0.05, 0) is 27.8 Å². The van der Waals surface area contributed by atoms with E-state index in [4.69, 9.17) is 9.15 Å². The van der Waals surface area contributed by atoms with E-state index in [-0.39, 0.29) is 6.09 Å². The van der Waals surface area contributed by atoms with E-state index in [0.717, 1.165) is 23.5 Å². The number of fused-ring (bicyclic) bond motifs is 1. The van der Waals surface area contributed by atoms with Crippen molar-refractivity contribution < 1.29 is 13.9 Å². The van der Waals surface area contributed by atoms with Crippen LogP contribution in [0.1, 0.15) is 37.7 Å². The highest BCUT2D eigenvalue weighted by Crippen LogP contribution is 2.20. The molecule has 1 aliphatic heterocycles. The van der Waals surface area contributed by atoms with Gasteiger partial charge in [0, 0.05) is 25.2 Å². The molecule has 1 aliphatic rings. The monoisotopic (exact) mass is 347 g/mol. The Bertz CT molecular complexity index is 717. The van der Waals surface area contributed by atoms with E-state index in [0.29, 0.717) is 26.2 Å². The van der Waals surface area contributed by atoms with E-state index in [1.807, 2.05) is 38.7 Å². The number of amides is 1. The third-order valence-corrected chi connectivity index (χ3v) is 3.96. The van der Waals surface area contributed by atoms with Gasteiger partial charge in [0.1, 0.15) is 11.9 Å². The number of ether oxygens (including phenoxy) is 1. The van der Waals surface area contributed by atoms with Crippen LogP contribution >= 0.6 is 0 Å². The van der Waals surface area contributed by atoms with E-state index in [2.05, 4.69) is 15.0 Å². The van der Waals surface area contributed by atoms with Crippen LogP contribution in [0.15, 0.2) is 23.3 Å². The Morgan fingerprint density at radius 2 is 2.16 bits per heavy atom. The van der Waals surface area contributed by atoms with E-state index >= 15 is 0 Å². The number of hydrogen-bond donors (Lipinski definition) is 0. The summed E-state index contributed by atoms with van der Waals surface area (Å²) in [7, 11) is 2.02. The Morgan fingerprint density at radius 3 is 2.84 bits per heavy atom. The summed E-state index contributed by atoms with van der Waals surface area (Å²) >= 11 is 0. The number of carbonyl (C=O) groups is 1. The molecule has 8 nitrogen and oxygen atoms in total. The predicted octanol–water partition coefficient (Wildman–Crippen LogP) is 2.25. The van der Waals surface area contributed by atoms with E-state index in [9.17, 15) is 4.79 Å². The molecule has 0 saturated heterocycles. The quantitative estimate of drug-likeness (QED) is 0.844. The maximum absolute atomic E-state index is 12.3. The normalized spacial score (nSPS) is 14.7. The minimum absolute atomic E-state index is 0.276. The van der Waals surface area contributed by atoms with Crippen molar-refractivity contribution in [2.45, 2.75) is 52.6 Å². The highest BCUT2D eigenvalue weighted by molar-refractivity contribution is 5.68. The van der Waals surface area contributed by atoms with Crippen molar-refractivity contribution in [1.29, 1.82) is 0 Å². The minimum atomic E-state index is -0.491. The van der Waals surface area contributed by atoms with Crippen LogP contribution in [0, 0.1) is 0 Å². The minimum Gasteiger partial charge on any atom is -0.451 e. The van der Waals surface area contributed by atoms with Crippen molar-refractivity contribution in [2.24, 2.45) is 0 Å². The van der Waals surface area contributed by atoms with Crippen LogP contribution in [0.2, 0.25) is 0 Å². The lowest BCUT2D eigenvalue weighted by molar-refractivity contribution is 0.0193. The van der Waals surface area contributed by atoms with Gasteiger partial charge in [0.05, 0.1) is 30.7 Å². The van der Waals surface area contributed by atoms with Crippen molar-refractivity contribution in [2.75, 3.05) is 13.6 Å². The number of aromatic nitrogens is 3. The summed E-state index contributed by atoms with van der Waals surface area (Å²) < 4.78 is 12.5. The Balaban J connectivity index is 1.65. The second-order valence-electron chi connectivity index (χ2n) is 7.39. The van der Waals surface area contributed by atoms with Gasteiger partial charge >= 0.3 is 6.09 Å². The molecule has 0 bridgehead atoms. The van der Waals surface area contributed by atoms with E-state index in [1.54, 1.807) is 11.2 Å². The smallest absolute Gasteiger partial charge is 0.410 e. The molecule has 3 rings (SSSR count). The molecule has 0 atom stereocenters. The Kier molecular flexibility index (Phi) is 4.80. The zero-order chi connectivity index (χ0) is 18.0. The molecule has 0 saturated carbocycles. The lowest BCUT2D eigenvalue weighted by Crippen LogP contribution is -2.42. The van der Waals surface area contributed by atoms with Crippen LogP contribution in [-0.2, 0) is 30.9 Å². The van der Waals surface area contributed by atoms with Crippen molar-refractivity contribution in [1.82, 2.24) is 24.6 Å². The highest BCUT2D eigenvalue weighted by atomic mass is 16.6. The molecule has 8 heteroatoms. The van der Waals surface area contributed by atoms with Gasteiger partial charge in [-0.2, -0.15) is 5.10 Å². The highest BCUT2D eigenvalue weighted by Gasteiger charge is 2.27. The molecule has 0 N–H and O–H groups in total. The fourth-order valence-corrected chi connectivity index (χ4v) is 2.85. The second-order valence-corrected chi connectivity index (χ2v) is 7.39. The molecule has 2 aromatic rings. The summed E-state index contributed by atoms with van der Waals surface area (Å²) in [6.07, 6.45) is 4.69. The molecule has 0 unspecified atom stereocenters. The van der Waals surface area contributed by atoms with Gasteiger partial charge in [-0.15, -0.1) is 0 Å². The molecule has 3 heterocycles. The van der Waals surface area contributed by atoms with Crippen molar-refractivity contribution >= 4 is 6.09 Å².